The molecule has 0 radical (unpaired) electrons. The van der Waals surface area contributed by atoms with Crippen LogP contribution in [0.15, 0.2) is 0 Å². The Hall–Kier alpha value is 0.960. The molecule has 0 aromatic heterocycles. The first-order valence-corrected chi connectivity index (χ1v) is 18.9. The molecule has 0 aliphatic heterocycles. The van der Waals surface area contributed by atoms with Crippen LogP contribution in [0.3, 0.4) is 0 Å². The van der Waals surface area contributed by atoms with Gasteiger partial charge in [-0.05, 0) is 6.42 Å². The van der Waals surface area contributed by atoms with Crippen LogP contribution in [0.5, 0.6) is 0 Å². The van der Waals surface area contributed by atoms with Crippen LogP contribution >= 0.6 is 0 Å². The summed E-state index contributed by atoms with van der Waals surface area (Å²) >= 11 is 1.41. The zero-order chi connectivity index (χ0) is 26.6. The molecule has 0 aromatic rings. The van der Waals surface area contributed by atoms with Gasteiger partial charge in [0.25, 0.3) is 0 Å². The first kappa shape index (κ1) is 39.1. The third-order valence-corrected chi connectivity index (χ3v) is 8.43. The van der Waals surface area contributed by atoms with Crippen molar-refractivity contribution in [2.75, 3.05) is 6.61 Å². The fourth-order valence-corrected chi connectivity index (χ4v) is 5.60. The molecule has 0 aliphatic carbocycles. The van der Waals surface area contributed by atoms with Crippen molar-refractivity contribution < 1.29 is 5.11 Å². The summed E-state index contributed by atoms with van der Waals surface area (Å²) in [5, 5.41) is 8.67. The Kier molecular flexibility index (Phi) is 43.9. The monoisotopic (exact) mass is 519 g/mol. The standard InChI is InChI=1S/C18H38O.C16H33.Na/c1-2-3-4-5-6-7-8-9-10-11-12-13-14-15-16-17-18-19;1-3-5-7-9-11-13-15-16-14-12-10-8-6-4-2;/h19H,2-18H2,1H3;1,3-16H2,2H3;. The molecular weight excluding hydrogens is 447 g/mol. The minimum absolute atomic E-state index is 0.373. The molecule has 0 atom stereocenters. The second-order valence-corrected chi connectivity index (χ2v) is 12.6. The third-order valence-electron chi connectivity index (χ3n) is 7.72. The van der Waals surface area contributed by atoms with Crippen molar-refractivity contribution in [2.45, 2.75) is 210 Å². The van der Waals surface area contributed by atoms with Gasteiger partial charge in [-0.3, -0.25) is 0 Å². The van der Waals surface area contributed by atoms with E-state index in [0.717, 1.165) is 6.42 Å². The molecule has 0 amide bonds. The van der Waals surface area contributed by atoms with E-state index in [9.17, 15) is 0 Å². The second-order valence-electron chi connectivity index (χ2n) is 11.6. The summed E-state index contributed by atoms with van der Waals surface area (Å²) in [6, 6.07) is 0. The number of hydrogen-bond acceptors (Lipinski definition) is 1. The minimum atomic E-state index is 0.373. The zero-order valence-corrected chi connectivity index (χ0v) is 28.1. The van der Waals surface area contributed by atoms with Gasteiger partial charge in [-0.15, -0.1) is 0 Å². The van der Waals surface area contributed by atoms with Gasteiger partial charge in [-0.1, -0.05) is 129 Å². The number of unbranched alkanes of at least 4 members (excludes halogenated alkanes) is 28. The van der Waals surface area contributed by atoms with E-state index in [1.54, 1.807) is 0 Å². The average molecular weight is 519 g/mol. The van der Waals surface area contributed by atoms with Crippen molar-refractivity contribution in [3.05, 3.63) is 0 Å². The Morgan fingerprint density at radius 2 is 0.500 bits per heavy atom. The average Bonchev–Trinajstić information content (AvgIpc) is 2.89. The van der Waals surface area contributed by atoms with Gasteiger partial charge in [0.15, 0.2) is 0 Å². The number of aliphatic hydroxyl groups excluding tert-OH is 1. The summed E-state index contributed by atoms with van der Waals surface area (Å²) in [5.74, 6) is 0. The molecular formula is C34H71NaO. The quantitative estimate of drug-likeness (QED) is 0.0740. The molecule has 0 aliphatic rings. The van der Waals surface area contributed by atoms with Crippen LogP contribution in [-0.2, 0) is 0 Å². The Morgan fingerprint density at radius 1 is 0.306 bits per heavy atom. The van der Waals surface area contributed by atoms with Crippen LogP contribution in [0.25, 0.3) is 0 Å². The van der Waals surface area contributed by atoms with Crippen molar-refractivity contribution in [1.29, 1.82) is 0 Å². The number of hydrogen-bond donors (Lipinski definition) is 1. The van der Waals surface area contributed by atoms with E-state index in [1.807, 2.05) is 0 Å². The fraction of sp³-hybridized carbons (Fsp3) is 1.00. The van der Waals surface area contributed by atoms with E-state index < -0.39 is 0 Å². The molecule has 2 heteroatoms. The SMILES string of the molecule is CCCCCCCCCCCCCCCCCCO.CCCCCCCCCCCCCCC[CH2][Na]. The van der Waals surface area contributed by atoms with E-state index in [-0.39, 0.29) is 0 Å². The molecule has 36 heavy (non-hydrogen) atoms. The van der Waals surface area contributed by atoms with Crippen molar-refractivity contribution in [3.63, 3.8) is 0 Å². The van der Waals surface area contributed by atoms with Crippen molar-refractivity contribution in [2.24, 2.45) is 0 Å². The molecule has 0 unspecified atom stereocenters. The van der Waals surface area contributed by atoms with Crippen LogP contribution < -0.4 is 0 Å². The van der Waals surface area contributed by atoms with Crippen molar-refractivity contribution in [3.8, 4) is 0 Å². The predicted octanol–water partition coefficient (Wildman–Crippen LogP) is 12.3. The molecule has 0 saturated heterocycles. The molecule has 0 spiro atoms. The molecule has 0 saturated carbocycles. The molecule has 0 aromatic carbocycles. The molecule has 0 fully saturated rings. The van der Waals surface area contributed by atoms with Crippen LogP contribution in [0.1, 0.15) is 206 Å². The normalized spacial score (nSPS) is 11.0. The van der Waals surface area contributed by atoms with E-state index in [1.165, 1.54) is 218 Å². The molecule has 0 bridgehead atoms. The van der Waals surface area contributed by atoms with Gasteiger partial charge in [-0.2, -0.15) is 0 Å². The van der Waals surface area contributed by atoms with Gasteiger partial charge in [0.1, 0.15) is 0 Å². The maximum absolute atomic E-state index is 8.67. The summed E-state index contributed by atoms with van der Waals surface area (Å²) in [6.07, 6.45) is 42.9. The third kappa shape index (κ3) is 42.1. The van der Waals surface area contributed by atoms with E-state index >= 15 is 0 Å². The van der Waals surface area contributed by atoms with E-state index in [0.29, 0.717) is 6.61 Å². The van der Waals surface area contributed by atoms with E-state index in [2.05, 4.69) is 13.8 Å². The summed E-state index contributed by atoms with van der Waals surface area (Å²) in [7, 11) is 0. The molecule has 1 nitrogen and oxygen atoms in total. The molecule has 0 rings (SSSR count). The molecule has 214 valence electrons. The van der Waals surface area contributed by atoms with Gasteiger partial charge in [0.2, 0.25) is 0 Å². The Labute approximate surface area is 248 Å². The van der Waals surface area contributed by atoms with Crippen LogP contribution in [0.4, 0.5) is 0 Å². The van der Waals surface area contributed by atoms with Crippen molar-refractivity contribution in [1.82, 2.24) is 0 Å². The second kappa shape index (κ2) is 40.5. The predicted molar refractivity (Wildman–Crippen MR) is 168 cm³/mol. The zero-order valence-electron chi connectivity index (χ0n) is 26.1. The van der Waals surface area contributed by atoms with Gasteiger partial charge in [0.05, 0.1) is 0 Å². The van der Waals surface area contributed by atoms with E-state index in [4.69, 9.17) is 5.11 Å². The number of aliphatic hydroxyl groups is 1. The van der Waals surface area contributed by atoms with Gasteiger partial charge in [-0.25, -0.2) is 0 Å². The summed E-state index contributed by atoms with van der Waals surface area (Å²) < 4.78 is 1.51. The first-order valence-electron chi connectivity index (χ1n) is 17.4. The van der Waals surface area contributed by atoms with Crippen LogP contribution in [0.2, 0.25) is 3.67 Å². The Balaban J connectivity index is 0. The molecule has 1 N–H and O–H groups in total. The van der Waals surface area contributed by atoms with Crippen molar-refractivity contribution >= 4 is 27.9 Å². The number of rotatable bonds is 30. The summed E-state index contributed by atoms with van der Waals surface area (Å²) in [5.41, 5.74) is 0. The van der Waals surface area contributed by atoms with Gasteiger partial charge >= 0.3 is 102 Å². The Morgan fingerprint density at radius 3 is 0.694 bits per heavy atom. The van der Waals surface area contributed by atoms with Gasteiger partial charge in [0, 0.05) is 6.61 Å². The first-order chi connectivity index (χ1) is 17.8. The maximum atomic E-state index is 8.67. The fourth-order valence-electron chi connectivity index (χ4n) is 5.10. The Bertz CT molecular complexity index is 303. The van der Waals surface area contributed by atoms with Crippen LogP contribution in [0, 0.1) is 0 Å². The van der Waals surface area contributed by atoms with Gasteiger partial charge < -0.3 is 5.11 Å². The topological polar surface area (TPSA) is 20.2 Å². The molecule has 0 heterocycles. The van der Waals surface area contributed by atoms with Crippen LogP contribution in [-0.4, -0.2) is 39.6 Å². The summed E-state index contributed by atoms with van der Waals surface area (Å²) in [6.45, 7) is 4.95. The summed E-state index contributed by atoms with van der Waals surface area (Å²) in [4.78, 5) is 0.